The van der Waals surface area contributed by atoms with E-state index in [1.54, 1.807) is 0 Å². The van der Waals surface area contributed by atoms with Crippen LogP contribution in [0.4, 0.5) is 13.2 Å². The molecule has 1 amide bonds. The third-order valence-corrected chi connectivity index (χ3v) is 4.43. The van der Waals surface area contributed by atoms with E-state index in [1.807, 2.05) is 0 Å². The number of carboxylic acid groups (broad SMARTS) is 3. The summed E-state index contributed by atoms with van der Waals surface area (Å²) in [6.07, 6.45) is -5.79. The van der Waals surface area contributed by atoms with E-state index in [-0.39, 0.29) is 29.5 Å². The van der Waals surface area contributed by atoms with Gasteiger partial charge in [0.25, 0.3) is 0 Å². The van der Waals surface area contributed by atoms with Crippen LogP contribution in [0.5, 0.6) is 5.75 Å². The third kappa shape index (κ3) is 10.4. The first-order chi connectivity index (χ1) is 17.5. The van der Waals surface area contributed by atoms with Crippen molar-refractivity contribution in [3.05, 3.63) is 53.5 Å². The first-order valence-corrected chi connectivity index (χ1v) is 10.3. The second-order valence-electron chi connectivity index (χ2n) is 7.50. The maximum Gasteiger partial charge on any atom is 0.490 e. The van der Waals surface area contributed by atoms with E-state index in [9.17, 15) is 32.3 Å². The lowest BCUT2D eigenvalue weighted by Gasteiger charge is -2.15. The molecule has 0 saturated heterocycles. The number of rotatable bonds is 10. The molecule has 206 valence electrons. The number of halogens is 3. The molecule has 2 aromatic rings. The van der Waals surface area contributed by atoms with E-state index >= 15 is 0 Å². The lowest BCUT2D eigenvalue weighted by atomic mass is 10.0. The van der Waals surface area contributed by atoms with Crippen LogP contribution >= 0.6 is 0 Å². The van der Waals surface area contributed by atoms with Gasteiger partial charge in [0, 0.05) is 17.9 Å². The molecular weight excluding hydrogens is 523 g/mol. The van der Waals surface area contributed by atoms with Crippen LogP contribution in [0.25, 0.3) is 0 Å². The van der Waals surface area contributed by atoms with Crippen molar-refractivity contribution in [1.82, 2.24) is 5.32 Å². The number of carbonyl (C=O) groups is 5. The number of furan rings is 1. The SMILES string of the molecule is C[C@@H](Cc1ccc(C(=O)Oc2ccc(C(=N)N)cc2)o1)C(=O)N[C@@H](CC(=O)O)C(=O)O.O=C(O)C(F)(F)F. The van der Waals surface area contributed by atoms with Gasteiger partial charge in [-0.1, -0.05) is 6.92 Å². The van der Waals surface area contributed by atoms with E-state index in [0.717, 1.165) is 0 Å². The first kappa shape index (κ1) is 31.1. The summed E-state index contributed by atoms with van der Waals surface area (Å²) in [5.41, 5.74) is 5.83. The Morgan fingerprint density at radius 2 is 1.61 bits per heavy atom. The van der Waals surface area contributed by atoms with E-state index in [2.05, 4.69) is 5.32 Å². The van der Waals surface area contributed by atoms with E-state index in [0.29, 0.717) is 5.56 Å². The Balaban J connectivity index is 0.000000905. The minimum atomic E-state index is -5.08. The van der Waals surface area contributed by atoms with E-state index < -0.39 is 54.3 Å². The second kappa shape index (κ2) is 13.4. The highest BCUT2D eigenvalue weighted by Gasteiger charge is 2.38. The van der Waals surface area contributed by atoms with Gasteiger partial charge in [0.1, 0.15) is 23.4 Å². The van der Waals surface area contributed by atoms with Crippen LogP contribution in [-0.2, 0) is 25.6 Å². The number of nitrogens with one attached hydrogen (secondary N) is 2. The Morgan fingerprint density at radius 3 is 2.05 bits per heavy atom. The molecule has 0 saturated carbocycles. The van der Waals surface area contributed by atoms with Gasteiger partial charge >= 0.3 is 30.1 Å². The number of carboxylic acids is 3. The van der Waals surface area contributed by atoms with Crippen LogP contribution in [0, 0.1) is 11.3 Å². The number of amides is 1. The zero-order chi connectivity index (χ0) is 29.2. The molecule has 0 bridgehead atoms. The van der Waals surface area contributed by atoms with Crippen molar-refractivity contribution in [1.29, 1.82) is 5.41 Å². The fraction of sp³-hybridized carbons (Fsp3) is 0.273. The summed E-state index contributed by atoms with van der Waals surface area (Å²) in [5, 5.41) is 34.4. The van der Waals surface area contributed by atoms with E-state index in [4.69, 9.17) is 40.4 Å². The summed E-state index contributed by atoms with van der Waals surface area (Å²) in [5.74, 6) is -7.47. The van der Waals surface area contributed by atoms with Crippen molar-refractivity contribution in [3.63, 3.8) is 0 Å². The molecule has 13 nitrogen and oxygen atoms in total. The molecule has 0 aliphatic heterocycles. The number of amidine groups is 1. The maximum atomic E-state index is 12.2. The molecule has 0 unspecified atom stereocenters. The van der Waals surface area contributed by atoms with Crippen molar-refractivity contribution in [2.75, 3.05) is 0 Å². The smallest absolute Gasteiger partial charge is 0.481 e. The number of nitrogen functional groups attached to an aromatic ring is 1. The van der Waals surface area contributed by atoms with Gasteiger partial charge in [0.15, 0.2) is 0 Å². The molecule has 16 heteroatoms. The highest BCUT2D eigenvalue weighted by Crippen LogP contribution is 2.18. The largest absolute Gasteiger partial charge is 0.490 e. The maximum absolute atomic E-state index is 12.2. The van der Waals surface area contributed by atoms with Crippen molar-refractivity contribution < 1.29 is 61.6 Å². The Hall–Kier alpha value is -4.89. The molecule has 1 aromatic carbocycles. The minimum absolute atomic E-state index is 0.0475. The van der Waals surface area contributed by atoms with Gasteiger partial charge in [-0.15, -0.1) is 0 Å². The van der Waals surface area contributed by atoms with E-state index in [1.165, 1.54) is 43.3 Å². The van der Waals surface area contributed by atoms with Crippen LogP contribution in [0.15, 0.2) is 40.8 Å². The average molecular weight is 545 g/mol. The summed E-state index contributed by atoms with van der Waals surface area (Å²) in [4.78, 5) is 55.1. The predicted molar refractivity (Wildman–Crippen MR) is 120 cm³/mol. The highest BCUT2D eigenvalue weighted by atomic mass is 19.4. The number of ether oxygens (including phenoxy) is 1. The van der Waals surface area contributed by atoms with Crippen molar-refractivity contribution in [2.24, 2.45) is 11.7 Å². The molecule has 0 spiro atoms. The molecule has 1 heterocycles. The third-order valence-electron chi connectivity index (χ3n) is 4.43. The molecule has 7 N–H and O–H groups in total. The number of aliphatic carboxylic acids is 3. The second-order valence-corrected chi connectivity index (χ2v) is 7.50. The van der Waals surface area contributed by atoms with Gasteiger partial charge in [-0.25, -0.2) is 14.4 Å². The lowest BCUT2D eigenvalue weighted by Crippen LogP contribution is -2.44. The lowest BCUT2D eigenvalue weighted by molar-refractivity contribution is -0.192. The Morgan fingerprint density at radius 1 is 1.05 bits per heavy atom. The monoisotopic (exact) mass is 545 g/mol. The Bertz CT molecular complexity index is 1190. The zero-order valence-electron chi connectivity index (χ0n) is 19.4. The summed E-state index contributed by atoms with van der Waals surface area (Å²) >= 11 is 0. The van der Waals surface area contributed by atoms with Crippen molar-refractivity contribution >= 4 is 35.6 Å². The van der Waals surface area contributed by atoms with Gasteiger partial charge in [-0.2, -0.15) is 13.2 Å². The number of hydrogen-bond donors (Lipinski definition) is 6. The minimum Gasteiger partial charge on any atom is -0.481 e. The van der Waals surface area contributed by atoms with Crippen LogP contribution < -0.4 is 15.8 Å². The molecule has 2 rings (SSSR count). The van der Waals surface area contributed by atoms with Gasteiger partial charge in [0.05, 0.1) is 6.42 Å². The number of benzene rings is 1. The molecule has 0 radical (unpaired) electrons. The van der Waals surface area contributed by atoms with Crippen molar-refractivity contribution in [3.8, 4) is 5.75 Å². The number of hydrogen-bond acceptors (Lipinski definition) is 8. The average Bonchev–Trinajstić information content (AvgIpc) is 3.27. The molecule has 2 atom stereocenters. The van der Waals surface area contributed by atoms with Crippen LogP contribution in [-0.4, -0.2) is 63.2 Å². The first-order valence-electron chi connectivity index (χ1n) is 10.3. The number of carbonyl (C=O) groups excluding carboxylic acids is 2. The summed E-state index contributed by atoms with van der Waals surface area (Å²) in [6, 6.07) is 7.29. The normalized spacial score (nSPS) is 12.2. The zero-order valence-corrected chi connectivity index (χ0v) is 19.4. The fourth-order valence-electron chi connectivity index (χ4n) is 2.54. The standard InChI is InChI=1S/C20H21N3O8.C2HF3O2/c1-10(18(26)23-14(19(27)28)9-16(24)25)8-13-6-7-15(30-13)20(29)31-12-4-2-11(3-5-12)17(21)22;3-2(4,5)1(6)7/h2-7,10,14H,8-9H2,1H3,(H3,21,22)(H,23,26)(H,24,25)(H,27,28);(H,6,7)/t10-,14-;/m0./s1. The Labute approximate surface area is 211 Å². The highest BCUT2D eigenvalue weighted by molar-refractivity contribution is 5.95. The van der Waals surface area contributed by atoms with Gasteiger partial charge in [0.2, 0.25) is 11.7 Å². The molecule has 0 aliphatic rings. The van der Waals surface area contributed by atoms with Crippen LogP contribution in [0.2, 0.25) is 0 Å². The van der Waals surface area contributed by atoms with Crippen LogP contribution in [0.1, 0.15) is 35.2 Å². The summed E-state index contributed by atoms with van der Waals surface area (Å²) in [7, 11) is 0. The number of esters is 1. The Kier molecular flexibility index (Phi) is 11.0. The number of alkyl halides is 3. The van der Waals surface area contributed by atoms with Gasteiger partial charge < -0.3 is 35.5 Å². The number of nitrogens with two attached hydrogens (primary N) is 1. The molecule has 0 aliphatic carbocycles. The fourth-order valence-corrected chi connectivity index (χ4v) is 2.54. The molecule has 0 fully saturated rings. The summed E-state index contributed by atoms with van der Waals surface area (Å²) in [6.45, 7) is 1.51. The van der Waals surface area contributed by atoms with Crippen LogP contribution in [0.3, 0.4) is 0 Å². The van der Waals surface area contributed by atoms with Gasteiger partial charge in [-0.05, 0) is 36.4 Å². The van der Waals surface area contributed by atoms with Crippen molar-refractivity contribution in [2.45, 2.75) is 32.0 Å². The molecule has 38 heavy (non-hydrogen) atoms. The molecular formula is C22H22F3N3O10. The topological polar surface area (TPSA) is 230 Å². The quantitative estimate of drug-likeness (QED) is 0.109. The van der Waals surface area contributed by atoms with Gasteiger partial charge in [-0.3, -0.25) is 15.0 Å². The molecule has 1 aromatic heterocycles. The predicted octanol–water partition coefficient (Wildman–Crippen LogP) is 1.64. The summed E-state index contributed by atoms with van der Waals surface area (Å²) < 4.78 is 42.3.